The number of hydrogen-bond donors (Lipinski definition) is 4. The minimum absolute atomic E-state index is 0.149. The summed E-state index contributed by atoms with van der Waals surface area (Å²) < 4.78 is 51.2. The molecule has 0 aliphatic carbocycles. The van der Waals surface area contributed by atoms with E-state index in [0.717, 1.165) is 37.5 Å². The Bertz CT molecular complexity index is 1200. The fourth-order valence-electron chi connectivity index (χ4n) is 4.58. The zero-order valence-corrected chi connectivity index (χ0v) is 23.1. The minimum Gasteiger partial charge on any atom is -0.480 e. The van der Waals surface area contributed by atoms with Gasteiger partial charge in [-0.25, -0.2) is 14.0 Å². The van der Waals surface area contributed by atoms with Gasteiger partial charge in [0, 0.05) is 42.8 Å². The number of aliphatic hydroxyl groups excluding tert-OH is 1. The second-order valence-corrected chi connectivity index (χ2v) is 10.5. The van der Waals surface area contributed by atoms with Gasteiger partial charge in [0.1, 0.15) is 11.6 Å². The molecular weight excluding hydrogens is 597 g/mol. The van der Waals surface area contributed by atoms with Crippen LogP contribution in [0, 0.1) is 5.82 Å². The first kappa shape index (κ1) is 32.7. The van der Waals surface area contributed by atoms with E-state index in [2.05, 4.69) is 10.2 Å². The lowest BCUT2D eigenvalue weighted by molar-refractivity contribution is -0.192. The number of carbonyl (C=O) groups is 2. The van der Waals surface area contributed by atoms with Crippen molar-refractivity contribution in [2.45, 2.75) is 43.8 Å². The van der Waals surface area contributed by atoms with Crippen molar-refractivity contribution >= 4 is 40.8 Å². The lowest BCUT2D eigenvalue weighted by atomic mass is 10.0. The van der Waals surface area contributed by atoms with Crippen LogP contribution in [-0.4, -0.2) is 89.3 Å². The molecule has 4 rings (SSSR count). The summed E-state index contributed by atoms with van der Waals surface area (Å²) in [4.78, 5) is 24.0. The summed E-state index contributed by atoms with van der Waals surface area (Å²) >= 11 is 11.8. The van der Waals surface area contributed by atoms with Crippen molar-refractivity contribution in [2.24, 2.45) is 0 Å². The van der Waals surface area contributed by atoms with E-state index in [1.165, 1.54) is 17.7 Å². The molecule has 2 aromatic carbocycles. The number of carboxylic acid groups (broad SMARTS) is 2. The number of β-amino-alcohol motifs (C(OH)–C–C–N with tert-alkyl or cyclic N) is 1. The highest BCUT2D eigenvalue weighted by Crippen LogP contribution is 2.35. The summed E-state index contributed by atoms with van der Waals surface area (Å²) in [5.41, 5.74) is 1.61. The van der Waals surface area contributed by atoms with Crippen molar-refractivity contribution < 1.29 is 47.2 Å². The maximum atomic E-state index is 14.2. The summed E-state index contributed by atoms with van der Waals surface area (Å²) in [7, 11) is 0. The van der Waals surface area contributed by atoms with Crippen molar-refractivity contribution in [1.82, 2.24) is 10.2 Å². The van der Waals surface area contributed by atoms with Crippen LogP contribution < -0.4 is 15.0 Å². The highest BCUT2D eigenvalue weighted by molar-refractivity contribution is 6.31. The van der Waals surface area contributed by atoms with Crippen molar-refractivity contribution in [2.75, 3.05) is 37.7 Å². The number of nitrogens with zero attached hydrogens (tertiary/aromatic N) is 2. The number of anilines is 1. The van der Waals surface area contributed by atoms with Gasteiger partial charge in [-0.15, -0.1) is 0 Å². The highest BCUT2D eigenvalue weighted by Gasteiger charge is 2.38. The molecule has 2 atom stereocenters. The molecule has 41 heavy (non-hydrogen) atoms. The second kappa shape index (κ2) is 14.4. The molecule has 0 saturated carbocycles. The summed E-state index contributed by atoms with van der Waals surface area (Å²) in [6.07, 6.45) is -3.82. The predicted molar refractivity (Wildman–Crippen MR) is 143 cm³/mol. The quantitative estimate of drug-likeness (QED) is 0.322. The normalized spacial score (nSPS) is 19.9. The average molecular weight is 626 g/mol. The van der Waals surface area contributed by atoms with Crippen LogP contribution in [-0.2, 0) is 16.1 Å². The lowest BCUT2D eigenvalue weighted by Crippen LogP contribution is -2.49. The molecule has 4 N–H and O–H groups in total. The number of alkyl halides is 3. The Morgan fingerprint density at radius 2 is 1.66 bits per heavy atom. The molecule has 2 aliphatic rings. The number of hydrogen-bond acceptors (Lipinski definition) is 7. The minimum atomic E-state index is -5.08. The van der Waals surface area contributed by atoms with Crippen molar-refractivity contribution in [3.05, 3.63) is 57.8 Å². The Balaban J connectivity index is 0.000000587. The molecule has 15 heteroatoms. The molecule has 2 heterocycles. The number of carboxylic acids is 2. The van der Waals surface area contributed by atoms with Gasteiger partial charge in [-0.2, -0.15) is 13.2 Å². The van der Waals surface area contributed by atoms with Crippen LogP contribution in [0.5, 0.6) is 5.75 Å². The topological polar surface area (TPSA) is 123 Å². The smallest absolute Gasteiger partial charge is 0.480 e. The van der Waals surface area contributed by atoms with E-state index >= 15 is 0 Å². The van der Waals surface area contributed by atoms with Crippen molar-refractivity contribution in [3.63, 3.8) is 0 Å². The third kappa shape index (κ3) is 9.89. The highest BCUT2D eigenvalue weighted by atomic mass is 35.5. The molecular formula is C26H29Cl2F4N3O6. The van der Waals surface area contributed by atoms with E-state index in [1.807, 2.05) is 24.3 Å². The number of likely N-dealkylation sites (tertiary alicyclic amines) is 1. The number of aliphatic carboxylic acids is 2. The number of nitrogens with one attached hydrogen (secondary N) is 1. The van der Waals surface area contributed by atoms with Gasteiger partial charge < -0.3 is 30.3 Å². The fourth-order valence-corrected chi connectivity index (χ4v) is 4.86. The molecule has 2 aliphatic heterocycles. The molecule has 9 nitrogen and oxygen atoms in total. The summed E-state index contributed by atoms with van der Waals surface area (Å²) in [6, 6.07) is 10.5. The number of benzene rings is 2. The molecule has 0 unspecified atom stereocenters. The van der Waals surface area contributed by atoms with Crippen LogP contribution in [0.1, 0.15) is 18.4 Å². The number of rotatable bonds is 8. The van der Waals surface area contributed by atoms with Crippen molar-refractivity contribution in [1.29, 1.82) is 0 Å². The molecule has 2 aromatic rings. The molecule has 0 bridgehead atoms. The largest absolute Gasteiger partial charge is 0.490 e. The Hall–Kier alpha value is -2.84. The van der Waals surface area contributed by atoms with E-state index in [-0.39, 0.29) is 29.4 Å². The van der Waals surface area contributed by atoms with Gasteiger partial charge in [-0.1, -0.05) is 35.3 Å². The molecule has 0 radical (unpaired) electrons. The first-order chi connectivity index (χ1) is 19.2. The van der Waals surface area contributed by atoms with E-state index in [4.69, 9.17) is 42.9 Å². The molecule has 0 amide bonds. The number of aliphatic hydroxyl groups is 1. The van der Waals surface area contributed by atoms with Crippen LogP contribution in [0.15, 0.2) is 36.4 Å². The lowest BCUT2D eigenvalue weighted by Gasteiger charge is -2.34. The average Bonchev–Trinajstić information content (AvgIpc) is 3.26. The number of piperidine rings is 1. The van der Waals surface area contributed by atoms with E-state index in [9.17, 15) is 27.5 Å². The molecule has 0 spiro atoms. The predicted octanol–water partition coefficient (Wildman–Crippen LogP) is 4.03. The standard InChI is InChI=1S/C24H28Cl2FN3O4.C2HF3O2/c25-16-3-1-15(2-4-16)11-29-7-5-17(6-8-29)28-20-12-30(13-22(20)31)21-10-19(27)18(26)9-23(21)34-14-24(32)33;3-2(4,5)1(6)7/h1-4,9-10,17,20,22,28,31H,5-8,11-14H2,(H,32,33);(H,6,7)/t20-,22-;/m1./s1. The van der Waals surface area contributed by atoms with Gasteiger partial charge in [-0.05, 0) is 43.6 Å². The zero-order valence-electron chi connectivity index (χ0n) is 21.6. The monoisotopic (exact) mass is 625 g/mol. The molecule has 0 aromatic heterocycles. The van der Waals surface area contributed by atoms with Crippen LogP contribution in [0.4, 0.5) is 23.2 Å². The first-order valence-corrected chi connectivity index (χ1v) is 13.3. The van der Waals surface area contributed by atoms with Gasteiger partial charge in [0.2, 0.25) is 0 Å². The van der Waals surface area contributed by atoms with Crippen LogP contribution in [0.25, 0.3) is 0 Å². The van der Waals surface area contributed by atoms with E-state index < -0.39 is 36.6 Å². The third-order valence-electron chi connectivity index (χ3n) is 6.58. The van der Waals surface area contributed by atoms with Crippen LogP contribution in [0.2, 0.25) is 10.0 Å². The van der Waals surface area contributed by atoms with Crippen LogP contribution >= 0.6 is 23.2 Å². The molecule has 2 saturated heterocycles. The Morgan fingerprint density at radius 1 is 1.05 bits per heavy atom. The van der Waals surface area contributed by atoms with Crippen LogP contribution in [0.3, 0.4) is 0 Å². The Labute approximate surface area is 243 Å². The first-order valence-electron chi connectivity index (χ1n) is 12.5. The SMILES string of the molecule is O=C(O)C(F)(F)F.O=C(O)COc1cc(Cl)c(F)cc1N1C[C@@H](O)[C@H](NC2CCN(Cc3ccc(Cl)cc3)CC2)C1. The number of halogens is 6. The Kier molecular flexibility index (Phi) is 11.4. The van der Waals surface area contributed by atoms with Gasteiger partial charge >= 0.3 is 18.1 Å². The Morgan fingerprint density at radius 3 is 2.22 bits per heavy atom. The second-order valence-electron chi connectivity index (χ2n) is 9.64. The van der Waals surface area contributed by atoms with Gasteiger partial charge in [0.05, 0.1) is 22.9 Å². The maximum Gasteiger partial charge on any atom is 0.490 e. The molecule has 2 fully saturated rings. The van der Waals surface area contributed by atoms with Gasteiger partial charge in [0.25, 0.3) is 0 Å². The van der Waals surface area contributed by atoms with Gasteiger partial charge in [-0.3, -0.25) is 4.90 Å². The zero-order chi connectivity index (χ0) is 30.3. The van der Waals surface area contributed by atoms with E-state index in [1.54, 1.807) is 4.90 Å². The molecule has 226 valence electrons. The number of ether oxygens (including phenoxy) is 1. The van der Waals surface area contributed by atoms with Gasteiger partial charge in [0.15, 0.2) is 6.61 Å². The van der Waals surface area contributed by atoms with Crippen molar-refractivity contribution in [3.8, 4) is 5.75 Å². The maximum absolute atomic E-state index is 14.2. The summed E-state index contributed by atoms with van der Waals surface area (Å²) in [6.45, 7) is 2.92. The summed E-state index contributed by atoms with van der Waals surface area (Å²) in [5, 5.41) is 30.9. The third-order valence-corrected chi connectivity index (χ3v) is 7.12. The fraction of sp³-hybridized carbons (Fsp3) is 0.462. The van der Waals surface area contributed by atoms with E-state index in [0.29, 0.717) is 12.2 Å². The summed E-state index contributed by atoms with van der Waals surface area (Å²) in [5.74, 6) is -4.35.